The molecule has 1 amide bonds. The minimum absolute atomic E-state index is 0.0615. The molecular weight excluding hydrogens is 296 g/mol. The molecule has 1 N–H and O–H groups in total. The topological polar surface area (TPSA) is 51.2 Å². The number of carbonyl (C=O) groups excluding carboxylic acids is 1. The summed E-state index contributed by atoms with van der Waals surface area (Å²) in [6.07, 6.45) is 0.231. The van der Waals surface area contributed by atoms with E-state index >= 15 is 0 Å². The van der Waals surface area contributed by atoms with Crippen molar-refractivity contribution >= 4 is 17.2 Å². The molecule has 0 saturated carbocycles. The Morgan fingerprint density at radius 1 is 1.41 bits per heavy atom. The fourth-order valence-corrected chi connectivity index (χ4v) is 3.31. The molecule has 3 rings (SSSR count). The molecule has 1 aliphatic rings. The number of hydrogen-bond acceptors (Lipinski definition) is 4. The number of hydrogen-bond donors (Lipinski definition) is 1. The van der Waals surface area contributed by atoms with E-state index in [0.717, 1.165) is 10.7 Å². The summed E-state index contributed by atoms with van der Waals surface area (Å²) in [5.41, 5.74) is 3.29. The molecule has 0 saturated heterocycles. The highest BCUT2D eigenvalue weighted by Gasteiger charge is 2.25. The number of ether oxygens (including phenoxy) is 1. The quantitative estimate of drug-likeness (QED) is 0.943. The Morgan fingerprint density at radius 2 is 2.18 bits per heavy atom. The third kappa shape index (κ3) is 3.36. The maximum Gasteiger partial charge on any atom is 0.249 e. The Kier molecular flexibility index (Phi) is 4.55. The Bertz CT molecular complexity index is 666. The van der Waals surface area contributed by atoms with Gasteiger partial charge in [-0.1, -0.05) is 38.1 Å². The summed E-state index contributed by atoms with van der Waals surface area (Å²) >= 11 is 1.64. The van der Waals surface area contributed by atoms with Crippen LogP contribution in [-0.2, 0) is 29.1 Å². The highest BCUT2D eigenvalue weighted by molar-refractivity contribution is 7.09. The highest BCUT2D eigenvalue weighted by Crippen LogP contribution is 2.21. The van der Waals surface area contributed by atoms with Gasteiger partial charge in [0.2, 0.25) is 5.91 Å². The third-order valence-electron chi connectivity index (χ3n) is 3.76. The lowest BCUT2D eigenvalue weighted by molar-refractivity contribution is -0.134. The van der Waals surface area contributed by atoms with Gasteiger partial charge < -0.3 is 10.1 Å². The van der Waals surface area contributed by atoms with Gasteiger partial charge in [0.05, 0.1) is 23.9 Å². The standard InChI is InChI=1S/C17H20N2O2S/c1-11(2)17-19-14(10-22-17)8-18-16(20)15-7-12-5-3-4-6-13(12)9-21-15/h3-6,10-11,15H,7-9H2,1-2H3,(H,18,20). The zero-order valence-corrected chi connectivity index (χ0v) is 13.7. The summed E-state index contributed by atoms with van der Waals surface area (Å²) in [6.45, 7) is 5.20. The second-order valence-corrected chi connectivity index (χ2v) is 6.71. The molecule has 116 valence electrons. The van der Waals surface area contributed by atoms with Crippen LogP contribution in [0, 0.1) is 0 Å². The van der Waals surface area contributed by atoms with Crippen LogP contribution in [0.4, 0.5) is 0 Å². The minimum Gasteiger partial charge on any atom is -0.363 e. The van der Waals surface area contributed by atoms with Crippen LogP contribution < -0.4 is 5.32 Å². The van der Waals surface area contributed by atoms with Crippen LogP contribution >= 0.6 is 11.3 Å². The second-order valence-electron chi connectivity index (χ2n) is 5.82. The number of amides is 1. The Balaban J connectivity index is 1.56. The van der Waals surface area contributed by atoms with Gasteiger partial charge in [0.15, 0.2) is 0 Å². The normalized spacial score (nSPS) is 17.3. The molecule has 0 fully saturated rings. The van der Waals surface area contributed by atoms with Crippen molar-refractivity contribution in [2.45, 2.75) is 45.4 Å². The Morgan fingerprint density at radius 3 is 2.91 bits per heavy atom. The molecule has 1 aliphatic heterocycles. The summed E-state index contributed by atoms with van der Waals surface area (Å²) in [7, 11) is 0. The molecule has 4 nitrogen and oxygen atoms in total. The predicted octanol–water partition coefficient (Wildman–Crippen LogP) is 3.02. The van der Waals surface area contributed by atoms with Crippen LogP contribution in [0.15, 0.2) is 29.6 Å². The number of aromatic nitrogens is 1. The monoisotopic (exact) mass is 316 g/mol. The van der Waals surface area contributed by atoms with E-state index in [1.807, 2.05) is 23.6 Å². The van der Waals surface area contributed by atoms with Crippen LogP contribution in [0.5, 0.6) is 0 Å². The molecule has 1 unspecified atom stereocenters. The lowest BCUT2D eigenvalue weighted by Crippen LogP contribution is -2.39. The maximum atomic E-state index is 12.3. The van der Waals surface area contributed by atoms with Crippen molar-refractivity contribution in [3.63, 3.8) is 0 Å². The molecule has 1 atom stereocenters. The van der Waals surface area contributed by atoms with Gasteiger partial charge in [-0.2, -0.15) is 0 Å². The average molecular weight is 316 g/mol. The molecule has 1 aromatic heterocycles. The lowest BCUT2D eigenvalue weighted by Gasteiger charge is -2.24. The predicted molar refractivity (Wildman–Crippen MR) is 86.8 cm³/mol. The van der Waals surface area contributed by atoms with Gasteiger partial charge >= 0.3 is 0 Å². The summed E-state index contributed by atoms with van der Waals surface area (Å²) < 4.78 is 5.67. The first-order chi connectivity index (χ1) is 10.6. The van der Waals surface area contributed by atoms with E-state index in [1.165, 1.54) is 11.1 Å². The first-order valence-corrected chi connectivity index (χ1v) is 8.42. The van der Waals surface area contributed by atoms with E-state index in [9.17, 15) is 4.79 Å². The van der Waals surface area contributed by atoms with Gasteiger partial charge in [0.1, 0.15) is 6.10 Å². The number of nitrogens with zero attached hydrogens (tertiary/aromatic N) is 1. The molecule has 0 aliphatic carbocycles. The Labute approximate surface area is 134 Å². The maximum absolute atomic E-state index is 12.3. The fourth-order valence-electron chi connectivity index (χ4n) is 2.48. The van der Waals surface area contributed by atoms with Crippen molar-refractivity contribution < 1.29 is 9.53 Å². The summed E-state index contributed by atoms with van der Waals surface area (Å²) in [4.78, 5) is 16.8. The van der Waals surface area contributed by atoms with E-state index in [-0.39, 0.29) is 5.91 Å². The first kappa shape index (κ1) is 15.2. The molecule has 0 spiro atoms. The molecule has 0 radical (unpaired) electrons. The van der Waals surface area contributed by atoms with Crippen molar-refractivity contribution in [1.82, 2.24) is 10.3 Å². The van der Waals surface area contributed by atoms with E-state index < -0.39 is 6.10 Å². The molecule has 2 heterocycles. The number of fused-ring (bicyclic) bond motifs is 1. The molecule has 0 bridgehead atoms. The van der Waals surface area contributed by atoms with Gasteiger partial charge in [0, 0.05) is 17.7 Å². The fraction of sp³-hybridized carbons (Fsp3) is 0.412. The summed E-state index contributed by atoms with van der Waals surface area (Å²) in [6, 6.07) is 8.11. The van der Waals surface area contributed by atoms with Crippen LogP contribution in [0.1, 0.15) is 41.6 Å². The first-order valence-electron chi connectivity index (χ1n) is 7.54. The third-order valence-corrected chi connectivity index (χ3v) is 4.96. The minimum atomic E-state index is -0.405. The van der Waals surface area contributed by atoms with Gasteiger partial charge in [-0.3, -0.25) is 4.79 Å². The molecule has 2 aromatic rings. The van der Waals surface area contributed by atoms with Crippen molar-refractivity contribution in [3.05, 3.63) is 51.5 Å². The summed E-state index contributed by atoms with van der Waals surface area (Å²) in [5.74, 6) is 0.362. The Hall–Kier alpha value is -1.72. The van der Waals surface area contributed by atoms with Gasteiger partial charge in [-0.25, -0.2) is 4.98 Å². The van der Waals surface area contributed by atoms with E-state index in [0.29, 0.717) is 25.5 Å². The number of thiazole rings is 1. The van der Waals surface area contributed by atoms with Crippen LogP contribution in [0.3, 0.4) is 0 Å². The van der Waals surface area contributed by atoms with Crippen molar-refractivity contribution in [2.75, 3.05) is 0 Å². The van der Waals surface area contributed by atoms with Crippen LogP contribution in [-0.4, -0.2) is 17.0 Å². The van der Waals surface area contributed by atoms with Crippen LogP contribution in [0.25, 0.3) is 0 Å². The van der Waals surface area contributed by atoms with E-state index in [1.54, 1.807) is 11.3 Å². The zero-order chi connectivity index (χ0) is 15.5. The molecule has 5 heteroatoms. The smallest absolute Gasteiger partial charge is 0.249 e. The van der Waals surface area contributed by atoms with E-state index in [4.69, 9.17) is 4.74 Å². The van der Waals surface area contributed by atoms with Crippen molar-refractivity contribution in [3.8, 4) is 0 Å². The van der Waals surface area contributed by atoms with Crippen molar-refractivity contribution in [2.24, 2.45) is 0 Å². The SMILES string of the molecule is CC(C)c1nc(CNC(=O)C2Cc3ccccc3CO2)cs1. The molecular formula is C17H20N2O2S. The van der Waals surface area contributed by atoms with Crippen molar-refractivity contribution in [1.29, 1.82) is 0 Å². The molecule has 1 aromatic carbocycles. The number of rotatable bonds is 4. The zero-order valence-electron chi connectivity index (χ0n) is 12.8. The second kappa shape index (κ2) is 6.58. The lowest BCUT2D eigenvalue weighted by atomic mass is 9.99. The van der Waals surface area contributed by atoms with Crippen LogP contribution in [0.2, 0.25) is 0 Å². The number of carbonyl (C=O) groups is 1. The van der Waals surface area contributed by atoms with Gasteiger partial charge in [-0.15, -0.1) is 11.3 Å². The number of benzene rings is 1. The molecule has 22 heavy (non-hydrogen) atoms. The number of nitrogens with one attached hydrogen (secondary N) is 1. The average Bonchev–Trinajstić information content (AvgIpc) is 3.01. The van der Waals surface area contributed by atoms with Gasteiger partial charge in [-0.05, 0) is 11.1 Å². The van der Waals surface area contributed by atoms with Gasteiger partial charge in [0.25, 0.3) is 0 Å². The van der Waals surface area contributed by atoms with E-state index in [2.05, 4.69) is 30.2 Å². The largest absolute Gasteiger partial charge is 0.363 e. The highest BCUT2D eigenvalue weighted by atomic mass is 32.1. The summed E-state index contributed by atoms with van der Waals surface area (Å²) in [5, 5.41) is 6.04.